The molecular formula is C11H17N7OS. The fourth-order valence-corrected chi connectivity index (χ4v) is 2.31. The molecule has 0 bridgehead atoms. The SMILES string of the molecule is CCOc1nc(NN)nc(NC(C)c2nc(C)cs2)n1. The van der Waals surface area contributed by atoms with Gasteiger partial charge in [-0.3, -0.25) is 5.43 Å². The number of nitrogens with one attached hydrogen (secondary N) is 2. The van der Waals surface area contributed by atoms with Crippen molar-refractivity contribution in [2.24, 2.45) is 5.84 Å². The molecule has 0 aromatic carbocycles. The predicted molar refractivity (Wildman–Crippen MR) is 77.7 cm³/mol. The Morgan fingerprint density at radius 3 is 2.65 bits per heavy atom. The summed E-state index contributed by atoms with van der Waals surface area (Å²) in [7, 11) is 0. The fourth-order valence-electron chi connectivity index (χ4n) is 1.51. The standard InChI is InChI=1S/C11H17N7OS/c1-4-19-11-16-9(15-10(17-11)18-12)14-7(3)8-13-6(2)5-20-8/h5,7H,4,12H2,1-3H3,(H2,14,15,16,17,18). The highest BCUT2D eigenvalue weighted by Crippen LogP contribution is 2.21. The molecule has 9 heteroatoms. The number of nitrogens with zero attached hydrogens (tertiary/aromatic N) is 4. The summed E-state index contributed by atoms with van der Waals surface area (Å²) in [5.41, 5.74) is 3.38. The molecule has 0 aliphatic heterocycles. The topological polar surface area (TPSA) is 111 Å². The number of hydrogen-bond acceptors (Lipinski definition) is 9. The van der Waals surface area contributed by atoms with E-state index >= 15 is 0 Å². The molecular weight excluding hydrogens is 278 g/mol. The molecule has 2 heterocycles. The van der Waals surface area contributed by atoms with E-state index in [-0.39, 0.29) is 18.0 Å². The first-order chi connectivity index (χ1) is 9.62. The molecule has 2 aromatic heterocycles. The highest BCUT2D eigenvalue weighted by Gasteiger charge is 2.13. The largest absolute Gasteiger partial charge is 0.464 e. The smallest absolute Gasteiger partial charge is 0.323 e. The zero-order chi connectivity index (χ0) is 14.5. The predicted octanol–water partition coefficient (Wildman–Crippen LogP) is 1.49. The Hall–Kier alpha value is -2.00. The minimum absolute atomic E-state index is 0.0174. The lowest BCUT2D eigenvalue weighted by Gasteiger charge is -2.12. The summed E-state index contributed by atoms with van der Waals surface area (Å²) < 4.78 is 5.27. The van der Waals surface area contributed by atoms with Gasteiger partial charge in [-0.05, 0) is 20.8 Å². The molecule has 0 radical (unpaired) electrons. The van der Waals surface area contributed by atoms with Crippen LogP contribution >= 0.6 is 11.3 Å². The van der Waals surface area contributed by atoms with Gasteiger partial charge in [-0.15, -0.1) is 11.3 Å². The summed E-state index contributed by atoms with van der Waals surface area (Å²) in [5.74, 6) is 5.96. The summed E-state index contributed by atoms with van der Waals surface area (Å²) in [4.78, 5) is 16.7. The van der Waals surface area contributed by atoms with Crippen LogP contribution in [-0.2, 0) is 0 Å². The maximum absolute atomic E-state index is 5.33. The third kappa shape index (κ3) is 3.52. The Morgan fingerprint density at radius 2 is 2.05 bits per heavy atom. The van der Waals surface area contributed by atoms with Crippen LogP contribution in [0.25, 0.3) is 0 Å². The van der Waals surface area contributed by atoms with Crippen LogP contribution in [-0.4, -0.2) is 26.5 Å². The maximum Gasteiger partial charge on any atom is 0.323 e. The maximum atomic E-state index is 5.33. The van der Waals surface area contributed by atoms with Crippen molar-refractivity contribution >= 4 is 23.2 Å². The van der Waals surface area contributed by atoms with E-state index in [2.05, 4.69) is 30.7 Å². The van der Waals surface area contributed by atoms with Crippen LogP contribution in [0, 0.1) is 6.92 Å². The Bertz CT molecular complexity index is 574. The van der Waals surface area contributed by atoms with Crippen molar-refractivity contribution in [2.45, 2.75) is 26.8 Å². The zero-order valence-electron chi connectivity index (χ0n) is 11.5. The van der Waals surface area contributed by atoms with Gasteiger partial charge in [-0.25, -0.2) is 10.8 Å². The molecule has 0 spiro atoms. The molecule has 1 atom stereocenters. The van der Waals surface area contributed by atoms with Gasteiger partial charge in [-0.1, -0.05) is 0 Å². The first kappa shape index (κ1) is 14.4. The second kappa shape index (κ2) is 6.44. The molecule has 0 saturated carbocycles. The Kier molecular flexibility index (Phi) is 4.64. The lowest BCUT2D eigenvalue weighted by Crippen LogP contribution is -2.16. The second-order valence-electron chi connectivity index (χ2n) is 4.04. The van der Waals surface area contributed by atoms with E-state index in [0.29, 0.717) is 12.6 Å². The molecule has 2 rings (SSSR count). The van der Waals surface area contributed by atoms with Crippen LogP contribution in [0.5, 0.6) is 6.01 Å². The summed E-state index contributed by atoms with van der Waals surface area (Å²) in [5, 5.41) is 6.12. The van der Waals surface area contributed by atoms with Gasteiger partial charge in [0.15, 0.2) is 0 Å². The number of hydrogen-bond donors (Lipinski definition) is 3. The molecule has 4 N–H and O–H groups in total. The third-order valence-corrected chi connectivity index (χ3v) is 3.52. The van der Waals surface area contributed by atoms with Crippen LogP contribution in [0.1, 0.15) is 30.6 Å². The van der Waals surface area contributed by atoms with E-state index in [1.54, 1.807) is 11.3 Å². The quantitative estimate of drug-likeness (QED) is 0.543. The van der Waals surface area contributed by atoms with Gasteiger partial charge in [0.1, 0.15) is 5.01 Å². The van der Waals surface area contributed by atoms with Crippen molar-refractivity contribution in [3.8, 4) is 6.01 Å². The molecule has 0 saturated heterocycles. The van der Waals surface area contributed by atoms with Crippen LogP contribution in [0.3, 0.4) is 0 Å². The molecule has 108 valence electrons. The Labute approximate surface area is 120 Å². The minimum Gasteiger partial charge on any atom is -0.464 e. The summed E-state index contributed by atoms with van der Waals surface area (Å²) in [6.07, 6.45) is 0. The fraction of sp³-hybridized carbons (Fsp3) is 0.455. The lowest BCUT2D eigenvalue weighted by atomic mass is 10.3. The van der Waals surface area contributed by atoms with Crippen LogP contribution in [0.2, 0.25) is 0 Å². The van der Waals surface area contributed by atoms with Crippen molar-refractivity contribution in [3.63, 3.8) is 0 Å². The third-order valence-electron chi connectivity index (χ3n) is 2.37. The van der Waals surface area contributed by atoms with Crippen molar-refractivity contribution < 1.29 is 4.74 Å². The van der Waals surface area contributed by atoms with Crippen LogP contribution < -0.4 is 21.3 Å². The Morgan fingerprint density at radius 1 is 1.30 bits per heavy atom. The summed E-state index contributed by atoms with van der Waals surface area (Å²) >= 11 is 1.58. The van der Waals surface area contributed by atoms with Gasteiger partial charge >= 0.3 is 6.01 Å². The number of hydrazine groups is 1. The molecule has 20 heavy (non-hydrogen) atoms. The zero-order valence-corrected chi connectivity index (χ0v) is 12.4. The highest BCUT2D eigenvalue weighted by molar-refractivity contribution is 7.09. The van der Waals surface area contributed by atoms with Gasteiger partial charge in [0.25, 0.3) is 0 Å². The van der Waals surface area contributed by atoms with E-state index in [1.807, 2.05) is 26.2 Å². The summed E-state index contributed by atoms with van der Waals surface area (Å²) in [6.45, 7) is 6.26. The number of ether oxygens (including phenoxy) is 1. The van der Waals surface area contributed by atoms with Crippen LogP contribution in [0.4, 0.5) is 11.9 Å². The van der Waals surface area contributed by atoms with E-state index < -0.39 is 0 Å². The van der Waals surface area contributed by atoms with Gasteiger partial charge in [0.05, 0.1) is 12.6 Å². The number of anilines is 2. The molecule has 8 nitrogen and oxygen atoms in total. The van der Waals surface area contributed by atoms with Crippen molar-refractivity contribution in [1.82, 2.24) is 19.9 Å². The van der Waals surface area contributed by atoms with Crippen molar-refractivity contribution in [1.29, 1.82) is 0 Å². The normalized spacial score (nSPS) is 12.0. The average molecular weight is 295 g/mol. The number of rotatable bonds is 6. The number of thiazole rings is 1. The van der Waals surface area contributed by atoms with E-state index in [0.717, 1.165) is 10.7 Å². The highest BCUT2D eigenvalue weighted by atomic mass is 32.1. The minimum atomic E-state index is -0.0174. The van der Waals surface area contributed by atoms with Gasteiger partial charge in [-0.2, -0.15) is 15.0 Å². The molecule has 0 fully saturated rings. The van der Waals surface area contributed by atoms with Gasteiger partial charge in [0.2, 0.25) is 11.9 Å². The van der Waals surface area contributed by atoms with Gasteiger partial charge < -0.3 is 10.1 Å². The molecule has 0 aliphatic rings. The monoisotopic (exact) mass is 295 g/mol. The summed E-state index contributed by atoms with van der Waals surface area (Å²) in [6, 6.07) is 0.205. The van der Waals surface area contributed by atoms with E-state index in [9.17, 15) is 0 Å². The number of aryl methyl sites for hydroxylation is 1. The van der Waals surface area contributed by atoms with E-state index in [4.69, 9.17) is 10.6 Å². The number of aromatic nitrogens is 4. The molecule has 0 amide bonds. The molecule has 0 aliphatic carbocycles. The molecule has 1 unspecified atom stereocenters. The average Bonchev–Trinajstić information content (AvgIpc) is 2.85. The van der Waals surface area contributed by atoms with Crippen LogP contribution in [0.15, 0.2) is 5.38 Å². The molecule has 2 aromatic rings. The lowest BCUT2D eigenvalue weighted by molar-refractivity contribution is 0.312. The van der Waals surface area contributed by atoms with Gasteiger partial charge in [0, 0.05) is 11.1 Å². The second-order valence-corrected chi connectivity index (χ2v) is 4.93. The van der Waals surface area contributed by atoms with Crippen molar-refractivity contribution in [2.75, 3.05) is 17.3 Å². The first-order valence-corrected chi connectivity index (χ1v) is 7.04. The first-order valence-electron chi connectivity index (χ1n) is 6.16. The van der Waals surface area contributed by atoms with E-state index in [1.165, 1.54) is 0 Å². The number of nitrogen functional groups attached to an aromatic ring is 1. The van der Waals surface area contributed by atoms with Crippen molar-refractivity contribution in [3.05, 3.63) is 16.1 Å². The Balaban J connectivity index is 2.17. The number of nitrogens with two attached hydrogens (primary N) is 1.